The number of hydrogen-bond donors (Lipinski definition) is 1. The Bertz CT molecular complexity index is 464. The quantitative estimate of drug-likeness (QED) is 0.889. The van der Waals surface area contributed by atoms with Crippen LogP contribution in [-0.2, 0) is 9.59 Å². The molecule has 2 heterocycles. The number of nitrogens with zero attached hydrogens (tertiary/aromatic N) is 2. The molecule has 0 aliphatic carbocycles. The number of carbonyl (C=O) groups excluding carboxylic acids is 2. The molecule has 17 heavy (non-hydrogen) atoms. The molecule has 0 bridgehead atoms. The van der Waals surface area contributed by atoms with Crippen LogP contribution in [0.4, 0.5) is 5.69 Å². The third kappa shape index (κ3) is 2.31. The summed E-state index contributed by atoms with van der Waals surface area (Å²) in [6.45, 7) is 1.92. The molecule has 1 unspecified atom stereocenters. The maximum Gasteiger partial charge on any atom is 0.247 e. The fourth-order valence-corrected chi connectivity index (χ4v) is 2.23. The van der Waals surface area contributed by atoms with Crippen LogP contribution in [0.25, 0.3) is 0 Å². The van der Waals surface area contributed by atoms with Gasteiger partial charge in [-0.05, 0) is 28.4 Å². The molecule has 5 nitrogen and oxygen atoms in total. The van der Waals surface area contributed by atoms with E-state index in [1.165, 1.54) is 4.90 Å². The molecule has 0 aromatic carbocycles. The van der Waals surface area contributed by atoms with Crippen molar-refractivity contribution in [1.29, 1.82) is 0 Å². The van der Waals surface area contributed by atoms with E-state index in [1.807, 2.05) is 6.92 Å². The standard InChI is InChI=1S/C11H12BrN3O2/c1-2-9-11(17)14-6-10(16)15(9)8-3-7(12)4-13-5-8/h3-5,9H,2,6H2,1H3,(H,14,17). The predicted octanol–water partition coefficient (Wildman–Crippen LogP) is 1.09. The summed E-state index contributed by atoms with van der Waals surface area (Å²) in [5.41, 5.74) is 0.645. The summed E-state index contributed by atoms with van der Waals surface area (Å²) >= 11 is 3.30. The predicted molar refractivity (Wildman–Crippen MR) is 66.5 cm³/mol. The second-order valence-corrected chi connectivity index (χ2v) is 4.68. The van der Waals surface area contributed by atoms with Crippen molar-refractivity contribution < 1.29 is 9.59 Å². The lowest BCUT2D eigenvalue weighted by atomic mass is 10.1. The van der Waals surface area contributed by atoms with Gasteiger partial charge in [0.05, 0.1) is 18.4 Å². The average molecular weight is 298 g/mol. The molecule has 0 saturated carbocycles. The van der Waals surface area contributed by atoms with E-state index in [-0.39, 0.29) is 18.4 Å². The van der Waals surface area contributed by atoms with E-state index in [2.05, 4.69) is 26.2 Å². The first-order valence-electron chi connectivity index (χ1n) is 5.33. The van der Waals surface area contributed by atoms with Gasteiger partial charge in [-0.1, -0.05) is 6.92 Å². The number of halogens is 1. The Labute approximate surface area is 107 Å². The van der Waals surface area contributed by atoms with Crippen molar-refractivity contribution in [3.63, 3.8) is 0 Å². The number of piperazine rings is 1. The zero-order valence-electron chi connectivity index (χ0n) is 9.31. The molecule has 6 heteroatoms. The maximum atomic E-state index is 11.9. The van der Waals surface area contributed by atoms with Crippen LogP contribution in [-0.4, -0.2) is 29.4 Å². The second-order valence-electron chi connectivity index (χ2n) is 3.77. The molecule has 1 fully saturated rings. The number of anilines is 1. The van der Waals surface area contributed by atoms with Gasteiger partial charge in [-0.3, -0.25) is 19.5 Å². The third-order valence-electron chi connectivity index (χ3n) is 2.65. The van der Waals surface area contributed by atoms with Crippen LogP contribution < -0.4 is 10.2 Å². The zero-order chi connectivity index (χ0) is 12.4. The molecule has 1 aliphatic rings. The van der Waals surface area contributed by atoms with Gasteiger partial charge in [0.25, 0.3) is 0 Å². The van der Waals surface area contributed by atoms with Crippen molar-refractivity contribution in [2.75, 3.05) is 11.4 Å². The van der Waals surface area contributed by atoms with E-state index in [0.29, 0.717) is 12.1 Å². The number of carbonyl (C=O) groups is 2. The summed E-state index contributed by atoms with van der Waals surface area (Å²) in [6, 6.07) is 1.33. The van der Waals surface area contributed by atoms with E-state index in [1.54, 1.807) is 18.5 Å². The molecule has 90 valence electrons. The van der Waals surface area contributed by atoms with E-state index in [4.69, 9.17) is 0 Å². The first kappa shape index (κ1) is 12.0. The first-order chi connectivity index (χ1) is 8.13. The van der Waals surface area contributed by atoms with E-state index < -0.39 is 6.04 Å². The minimum Gasteiger partial charge on any atom is -0.345 e. The highest BCUT2D eigenvalue weighted by Gasteiger charge is 2.34. The smallest absolute Gasteiger partial charge is 0.247 e. The van der Waals surface area contributed by atoms with Crippen LogP contribution in [0, 0.1) is 0 Å². The lowest BCUT2D eigenvalue weighted by molar-refractivity contribution is -0.131. The van der Waals surface area contributed by atoms with Crippen molar-refractivity contribution in [3.05, 3.63) is 22.9 Å². The highest BCUT2D eigenvalue weighted by molar-refractivity contribution is 9.10. The van der Waals surface area contributed by atoms with Crippen molar-refractivity contribution >= 4 is 33.4 Å². The molecule has 1 atom stereocenters. The molecule has 1 saturated heterocycles. The molecular formula is C11H12BrN3O2. The molecule has 1 aromatic rings. The van der Waals surface area contributed by atoms with E-state index >= 15 is 0 Å². The summed E-state index contributed by atoms with van der Waals surface area (Å²) in [5, 5.41) is 2.58. The van der Waals surface area contributed by atoms with Gasteiger partial charge >= 0.3 is 0 Å². The van der Waals surface area contributed by atoms with Gasteiger partial charge in [-0.25, -0.2) is 0 Å². The van der Waals surface area contributed by atoms with Crippen LogP contribution in [0.5, 0.6) is 0 Å². The molecule has 2 amide bonds. The summed E-state index contributed by atoms with van der Waals surface area (Å²) in [6.07, 6.45) is 3.80. The minimum atomic E-state index is -0.452. The summed E-state index contributed by atoms with van der Waals surface area (Å²) in [4.78, 5) is 29.1. The molecule has 1 aromatic heterocycles. The van der Waals surface area contributed by atoms with Crippen molar-refractivity contribution in [1.82, 2.24) is 10.3 Å². The molecule has 0 radical (unpaired) electrons. The average Bonchev–Trinajstić information content (AvgIpc) is 2.31. The zero-order valence-corrected chi connectivity index (χ0v) is 10.9. The lowest BCUT2D eigenvalue weighted by Crippen LogP contribution is -2.58. The van der Waals surface area contributed by atoms with Crippen molar-refractivity contribution in [2.45, 2.75) is 19.4 Å². The monoisotopic (exact) mass is 297 g/mol. The topological polar surface area (TPSA) is 62.3 Å². The maximum absolute atomic E-state index is 11.9. The third-order valence-corrected chi connectivity index (χ3v) is 3.09. The number of rotatable bonds is 2. The summed E-state index contributed by atoms with van der Waals surface area (Å²) < 4.78 is 0.781. The number of hydrogen-bond acceptors (Lipinski definition) is 3. The van der Waals surface area contributed by atoms with Gasteiger partial charge in [-0.2, -0.15) is 0 Å². The van der Waals surface area contributed by atoms with Crippen LogP contribution >= 0.6 is 15.9 Å². The summed E-state index contributed by atoms with van der Waals surface area (Å²) in [5.74, 6) is -0.233. The number of amides is 2. The Hall–Kier alpha value is -1.43. The largest absolute Gasteiger partial charge is 0.345 e. The molecule has 0 spiro atoms. The van der Waals surface area contributed by atoms with Gasteiger partial charge in [0.2, 0.25) is 11.8 Å². The summed E-state index contributed by atoms with van der Waals surface area (Å²) in [7, 11) is 0. The molecule has 2 rings (SSSR count). The molecular weight excluding hydrogens is 286 g/mol. The van der Waals surface area contributed by atoms with E-state index in [0.717, 1.165) is 4.47 Å². The molecule has 1 aliphatic heterocycles. The van der Waals surface area contributed by atoms with Gasteiger partial charge < -0.3 is 5.32 Å². The van der Waals surface area contributed by atoms with Gasteiger partial charge in [0, 0.05) is 10.7 Å². The minimum absolute atomic E-state index is 0.0435. The Morgan fingerprint density at radius 3 is 2.94 bits per heavy atom. The molecule has 1 N–H and O–H groups in total. The number of aromatic nitrogens is 1. The Balaban J connectivity index is 2.39. The highest BCUT2D eigenvalue weighted by Crippen LogP contribution is 2.23. The van der Waals surface area contributed by atoms with Crippen LogP contribution in [0.2, 0.25) is 0 Å². The number of pyridine rings is 1. The highest BCUT2D eigenvalue weighted by atomic mass is 79.9. The van der Waals surface area contributed by atoms with Crippen molar-refractivity contribution in [2.24, 2.45) is 0 Å². The SMILES string of the molecule is CCC1C(=O)NCC(=O)N1c1cncc(Br)c1. The van der Waals surface area contributed by atoms with Gasteiger partial charge in [0.15, 0.2) is 0 Å². The van der Waals surface area contributed by atoms with Crippen LogP contribution in [0.15, 0.2) is 22.9 Å². The normalized spacial score (nSPS) is 20.4. The lowest BCUT2D eigenvalue weighted by Gasteiger charge is -2.34. The first-order valence-corrected chi connectivity index (χ1v) is 6.13. The second kappa shape index (κ2) is 4.83. The van der Waals surface area contributed by atoms with Crippen molar-refractivity contribution in [3.8, 4) is 0 Å². The van der Waals surface area contributed by atoms with Crippen LogP contribution in [0.3, 0.4) is 0 Å². The Morgan fingerprint density at radius 2 is 2.29 bits per heavy atom. The van der Waals surface area contributed by atoms with Gasteiger partial charge in [0.1, 0.15) is 6.04 Å². The fraction of sp³-hybridized carbons (Fsp3) is 0.364. The Kier molecular flexibility index (Phi) is 3.42. The van der Waals surface area contributed by atoms with Gasteiger partial charge in [-0.15, -0.1) is 0 Å². The van der Waals surface area contributed by atoms with Crippen LogP contribution in [0.1, 0.15) is 13.3 Å². The van der Waals surface area contributed by atoms with E-state index in [9.17, 15) is 9.59 Å². The number of nitrogens with one attached hydrogen (secondary N) is 1. The fourth-order valence-electron chi connectivity index (χ4n) is 1.88. The Morgan fingerprint density at radius 1 is 1.53 bits per heavy atom.